The summed E-state index contributed by atoms with van der Waals surface area (Å²) in [5.74, 6) is 0.125. The fourth-order valence-corrected chi connectivity index (χ4v) is 2.51. The zero-order valence-corrected chi connectivity index (χ0v) is 14.8. The maximum Gasteiger partial charge on any atom is 0.229 e. The molecule has 2 heteroatoms. The monoisotopic (exact) mass is 309 g/mol. The highest BCUT2D eigenvalue weighted by Gasteiger charge is 2.19. The molecule has 0 spiro atoms. The first-order valence-electron chi connectivity index (χ1n) is 8.25. The summed E-state index contributed by atoms with van der Waals surface area (Å²) in [4.78, 5) is 14.5. The molecule has 0 aliphatic rings. The fourth-order valence-electron chi connectivity index (χ4n) is 2.51. The van der Waals surface area contributed by atoms with Crippen LogP contribution in [0.2, 0.25) is 0 Å². The van der Waals surface area contributed by atoms with Gasteiger partial charge in [0.05, 0.1) is 6.54 Å². The van der Waals surface area contributed by atoms with E-state index in [0.29, 0.717) is 6.54 Å². The number of anilines is 1. The van der Waals surface area contributed by atoms with E-state index >= 15 is 0 Å². The molecular formula is C21H27NO. The SMILES string of the molecule is CC(C)C(=O)N(Cc1ccc(C(C)(C)C)cc1)c1ccccc1. The van der Waals surface area contributed by atoms with Crippen LogP contribution in [0.3, 0.4) is 0 Å². The number of amides is 1. The molecule has 0 N–H and O–H groups in total. The third-order valence-electron chi connectivity index (χ3n) is 3.99. The summed E-state index contributed by atoms with van der Waals surface area (Å²) >= 11 is 0. The summed E-state index contributed by atoms with van der Waals surface area (Å²) in [6.45, 7) is 11.1. The summed E-state index contributed by atoms with van der Waals surface area (Å²) in [6, 6.07) is 18.5. The van der Waals surface area contributed by atoms with Gasteiger partial charge in [-0.05, 0) is 28.7 Å². The van der Waals surface area contributed by atoms with Crippen LogP contribution >= 0.6 is 0 Å². The number of carbonyl (C=O) groups excluding carboxylic acids is 1. The predicted molar refractivity (Wildman–Crippen MR) is 97.6 cm³/mol. The molecule has 0 aliphatic heterocycles. The van der Waals surface area contributed by atoms with E-state index in [1.807, 2.05) is 49.1 Å². The molecule has 2 rings (SSSR count). The second-order valence-corrected chi connectivity index (χ2v) is 7.36. The smallest absolute Gasteiger partial charge is 0.229 e. The van der Waals surface area contributed by atoms with Crippen molar-refractivity contribution in [3.63, 3.8) is 0 Å². The highest BCUT2D eigenvalue weighted by atomic mass is 16.2. The Labute approximate surface area is 140 Å². The first-order chi connectivity index (χ1) is 10.8. The molecule has 23 heavy (non-hydrogen) atoms. The molecular weight excluding hydrogens is 282 g/mol. The maximum atomic E-state index is 12.6. The van der Waals surface area contributed by atoms with E-state index in [-0.39, 0.29) is 17.2 Å². The second kappa shape index (κ2) is 6.99. The quantitative estimate of drug-likeness (QED) is 0.762. The summed E-state index contributed by atoms with van der Waals surface area (Å²) in [5, 5.41) is 0. The normalized spacial score (nSPS) is 11.6. The highest BCUT2D eigenvalue weighted by molar-refractivity contribution is 5.94. The van der Waals surface area contributed by atoms with Gasteiger partial charge in [-0.2, -0.15) is 0 Å². The van der Waals surface area contributed by atoms with Crippen LogP contribution in [0.4, 0.5) is 5.69 Å². The van der Waals surface area contributed by atoms with Crippen LogP contribution < -0.4 is 4.90 Å². The van der Waals surface area contributed by atoms with E-state index in [4.69, 9.17) is 0 Å². The topological polar surface area (TPSA) is 20.3 Å². The molecule has 0 heterocycles. The average Bonchev–Trinajstić information content (AvgIpc) is 2.52. The van der Waals surface area contributed by atoms with Gasteiger partial charge in [-0.25, -0.2) is 0 Å². The van der Waals surface area contributed by atoms with Crippen molar-refractivity contribution < 1.29 is 4.79 Å². The Balaban J connectivity index is 2.26. The number of carbonyl (C=O) groups is 1. The molecule has 122 valence electrons. The van der Waals surface area contributed by atoms with E-state index in [1.165, 1.54) is 5.56 Å². The van der Waals surface area contributed by atoms with E-state index in [1.54, 1.807) is 0 Å². The zero-order chi connectivity index (χ0) is 17.0. The minimum absolute atomic E-state index is 0.0240. The maximum absolute atomic E-state index is 12.6. The minimum atomic E-state index is -0.0240. The lowest BCUT2D eigenvalue weighted by Crippen LogP contribution is -2.33. The van der Waals surface area contributed by atoms with Crippen LogP contribution in [0.25, 0.3) is 0 Å². The van der Waals surface area contributed by atoms with Crippen molar-refractivity contribution in [3.8, 4) is 0 Å². The van der Waals surface area contributed by atoms with Crippen molar-refractivity contribution in [1.29, 1.82) is 0 Å². The lowest BCUT2D eigenvalue weighted by Gasteiger charge is -2.25. The Morgan fingerprint density at radius 2 is 1.52 bits per heavy atom. The number of hydrogen-bond donors (Lipinski definition) is 0. The molecule has 1 amide bonds. The van der Waals surface area contributed by atoms with Crippen molar-refractivity contribution in [2.75, 3.05) is 4.90 Å². The van der Waals surface area contributed by atoms with Gasteiger partial charge in [-0.15, -0.1) is 0 Å². The summed E-state index contributed by atoms with van der Waals surface area (Å²) in [7, 11) is 0. The largest absolute Gasteiger partial charge is 0.308 e. The predicted octanol–water partition coefficient (Wildman–Crippen LogP) is 5.17. The van der Waals surface area contributed by atoms with Crippen molar-refractivity contribution in [1.82, 2.24) is 0 Å². The minimum Gasteiger partial charge on any atom is -0.308 e. The Bertz CT molecular complexity index is 636. The van der Waals surface area contributed by atoms with Gasteiger partial charge in [0.1, 0.15) is 0 Å². The van der Waals surface area contributed by atoms with Gasteiger partial charge in [0.2, 0.25) is 5.91 Å². The molecule has 0 radical (unpaired) electrons. The number of benzene rings is 2. The lowest BCUT2D eigenvalue weighted by atomic mass is 9.87. The molecule has 2 nitrogen and oxygen atoms in total. The summed E-state index contributed by atoms with van der Waals surface area (Å²) < 4.78 is 0. The van der Waals surface area contributed by atoms with Gasteiger partial charge >= 0.3 is 0 Å². The van der Waals surface area contributed by atoms with E-state index in [0.717, 1.165) is 11.3 Å². The van der Waals surface area contributed by atoms with Gasteiger partial charge in [-0.3, -0.25) is 4.79 Å². The van der Waals surface area contributed by atoms with E-state index in [2.05, 4.69) is 45.0 Å². The van der Waals surface area contributed by atoms with Crippen LogP contribution in [0.15, 0.2) is 54.6 Å². The van der Waals surface area contributed by atoms with Crippen molar-refractivity contribution in [3.05, 3.63) is 65.7 Å². The molecule has 0 aromatic heterocycles. The zero-order valence-electron chi connectivity index (χ0n) is 14.8. The fraction of sp³-hybridized carbons (Fsp3) is 0.381. The Hall–Kier alpha value is -2.09. The Morgan fingerprint density at radius 3 is 2.00 bits per heavy atom. The molecule has 0 bridgehead atoms. The lowest BCUT2D eigenvalue weighted by molar-refractivity contribution is -0.121. The highest BCUT2D eigenvalue weighted by Crippen LogP contribution is 2.24. The molecule has 2 aromatic carbocycles. The van der Waals surface area contributed by atoms with Crippen molar-refractivity contribution in [2.45, 2.75) is 46.6 Å². The number of hydrogen-bond acceptors (Lipinski definition) is 1. The number of para-hydroxylation sites is 1. The summed E-state index contributed by atoms with van der Waals surface area (Å²) in [6.07, 6.45) is 0. The standard InChI is InChI=1S/C21H27NO/c1-16(2)20(23)22(19-9-7-6-8-10-19)15-17-11-13-18(14-12-17)21(3,4)5/h6-14,16H,15H2,1-5H3. The van der Waals surface area contributed by atoms with Gasteiger partial charge < -0.3 is 4.90 Å². The third kappa shape index (κ3) is 4.44. The van der Waals surface area contributed by atoms with Crippen molar-refractivity contribution in [2.24, 2.45) is 5.92 Å². The average molecular weight is 309 g/mol. The molecule has 2 aromatic rings. The molecule has 0 aliphatic carbocycles. The first kappa shape index (κ1) is 17.3. The molecule has 0 fully saturated rings. The van der Waals surface area contributed by atoms with Crippen LogP contribution in [-0.4, -0.2) is 5.91 Å². The van der Waals surface area contributed by atoms with E-state index in [9.17, 15) is 4.79 Å². The van der Waals surface area contributed by atoms with Gasteiger partial charge in [0.25, 0.3) is 0 Å². The van der Waals surface area contributed by atoms with Crippen molar-refractivity contribution >= 4 is 11.6 Å². The molecule has 0 atom stereocenters. The Morgan fingerprint density at radius 1 is 0.957 bits per heavy atom. The van der Waals surface area contributed by atoms with Crippen LogP contribution in [0, 0.1) is 5.92 Å². The number of rotatable bonds is 4. The van der Waals surface area contributed by atoms with Gasteiger partial charge in [0.15, 0.2) is 0 Å². The van der Waals surface area contributed by atoms with Crippen LogP contribution in [0.5, 0.6) is 0 Å². The Kier molecular flexibility index (Phi) is 5.25. The van der Waals surface area contributed by atoms with Crippen LogP contribution in [-0.2, 0) is 16.8 Å². The summed E-state index contributed by atoms with van der Waals surface area (Å²) in [5.41, 5.74) is 3.55. The molecule has 0 saturated carbocycles. The van der Waals surface area contributed by atoms with Crippen LogP contribution in [0.1, 0.15) is 45.7 Å². The molecule has 0 unspecified atom stereocenters. The van der Waals surface area contributed by atoms with Gasteiger partial charge in [-0.1, -0.05) is 77.1 Å². The number of nitrogens with zero attached hydrogens (tertiary/aromatic N) is 1. The third-order valence-corrected chi connectivity index (χ3v) is 3.99. The second-order valence-electron chi connectivity index (χ2n) is 7.36. The molecule has 0 saturated heterocycles. The first-order valence-corrected chi connectivity index (χ1v) is 8.25. The van der Waals surface area contributed by atoms with E-state index < -0.39 is 0 Å². The van der Waals surface area contributed by atoms with Gasteiger partial charge in [0, 0.05) is 11.6 Å².